The van der Waals surface area contributed by atoms with E-state index in [2.05, 4.69) is 15.6 Å². The normalized spacial score (nSPS) is 11.5. The first-order valence-corrected chi connectivity index (χ1v) is 7.89. The molecule has 0 aliphatic carbocycles. The molecule has 2 aromatic rings. The van der Waals surface area contributed by atoms with E-state index in [4.69, 9.17) is 0 Å². The molecular formula is C16H20FN3OS. The molecule has 0 spiro atoms. The zero-order valence-corrected chi connectivity index (χ0v) is 14.0. The van der Waals surface area contributed by atoms with Crippen molar-refractivity contribution in [3.63, 3.8) is 0 Å². The van der Waals surface area contributed by atoms with Crippen LogP contribution in [0.2, 0.25) is 0 Å². The maximum absolute atomic E-state index is 13.5. The second kappa shape index (κ2) is 6.54. The molecule has 0 fully saturated rings. The van der Waals surface area contributed by atoms with Crippen LogP contribution in [0.5, 0.6) is 0 Å². The number of hydrogen-bond donors (Lipinski definition) is 2. The fourth-order valence-corrected chi connectivity index (χ4v) is 2.79. The summed E-state index contributed by atoms with van der Waals surface area (Å²) in [7, 11) is 0. The van der Waals surface area contributed by atoms with Gasteiger partial charge in [-0.2, -0.15) is 0 Å². The molecule has 0 radical (unpaired) electrons. The van der Waals surface area contributed by atoms with E-state index in [1.165, 1.54) is 6.07 Å². The topological polar surface area (TPSA) is 54.0 Å². The Morgan fingerprint density at radius 3 is 2.68 bits per heavy atom. The smallest absolute Gasteiger partial charge is 0.238 e. The van der Waals surface area contributed by atoms with Crippen molar-refractivity contribution in [1.82, 2.24) is 10.3 Å². The lowest BCUT2D eigenvalue weighted by molar-refractivity contribution is -0.115. The Balaban J connectivity index is 1.93. The number of hydrogen-bond acceptors (Lipinski definition) is 4. The van der Waals surface area contributed by atoms with Crippen LogP contribution in [0.3, 0.4) is 0 Å². The predicted octanol–water partition coefficient (Wildman–Crippen LogP) is 3.36. The lowest BCUT2D eigenvalue weighted by Crippen LogP contribution is -2.41. The van der Waals surface area contributed by atoms with Crippen molar-refractivity contribution >= 4 is 22.9 Å². The van der Waals surface area contributed by atoms with Crippen LogP contribution in [-0.4, -0.2) is 17.4 Å². The van der Waals surface area contributed by atoms with E-state index < -0.39 is 5.54 Å². The number of rotatable bonds is 5. The average Bonchev–Trinajstić information content (AvgIpc) is 2.88. The van der Waals surface area contributed by atoms with E-state index >= 15 is 0 Å². The predicted molar refractivity (Wildman–Crippen MR) is 87.6 cm³/mol. The molecule has 0 unspecified atom stereocenters. The van der Waals surface area contributed by atoms with Crippen molar-refractivity contribution in [2.75, 3.05) is 11.9 Å². The summed E-state index contributed by atoms with van der Waals surface area (Å²) in [4.78, 5) is 16.4. The van der Waals surface area contributed by atoms with Gasteiger partial charge in [-0.15, -0.1) is 11.3 Å². The number of aryl methyl sites for hydroxylation is 2. The minimum absolute atomic E-state index is 0.126. The Kier molecular flexibility index (Phi) is 4.93. The molecular weight excluding hydrogens is 301 g/mol. The van der Waals surface area contributed by atoms with Crippen LogP contribution in [-0.2, 0) is 10.3 Å². The molecule has 22 heavy (non-hydrogen) atoms. The van der Waals surface area contributed by atoms with Gasteiger partial charge in [-0.05, 0) is 45.4 Å². The molecule has 0 bridgehead atoms. The Labute approximate surface area is 133 Å². The van der Waals surface area contributed by atoms with Gasteiger partial charge in [-0.25, -0.2) is 9.37 Å². The summed E-state index contributed by atoms with van der Waals surface area (Å²) in [6, 6.07) is 4.65. The van der Waals surface area contributed by atoms with Gasteiger partial charge in [-0.1, -0.05) is 6.07 Å². The Morgan fingerprint density at radius 2 is 2.09 bits per heavy atom. The average molecular weight is 321 g/mol. The molecule has 2 N–H and O–H groups in total. The lowest BCUT2D eigenvalue weighted by atomic mass is 10.1. The highest BCUT2D eigenvalue weighted by atomic mass is 32.1. The molecule has 1 aromatic heterocycles. The molecule has 2 rings (SSSR count). The van der Waals surface area contributed by atoms with Crippen LogP contribution >= 0.6 is 11.3 Å². The van der Waals surface area contributed by atoms with Crippen LogP contribution in [0.4, 0.5) is 10.1 Å². The van der Waals surface area contributed by atoms with E-state index in [9.17, 15) is 9.18 Å². The summed E-state index contributed by atoms with van der Waals surface area (Å²) in [5.41, 5.74) is 1.58. The van der Waals surface area contributed by atoms with Gasteiger partial charge >= 0.3 is 0 Å². The number of nitrogens with one attached hydrogen (secondary N) is 2. The fourth-order valence-electron chi connectivity index (χ4n) is 1.89. The number of anilines is 1. The van der Waals surface area contributed by atoms with Crippen molar-refractivity contribution in [2.45, 2.75) is 33.2 Å². The van der Waals surface area contributed by atoms with Crippen molar-refractivity contribution in [2.24, 2.45) is 0 Å². The molecule has 4 nitrogen and oxygen atoms in total. The molecule has 0 saturated heterocycles. The van der Waals surface area contributed by atoms with E-state index in [-0.39, 0.29) is 18.3 Å². The van der Waals surface area contributed by atoms with Crippen molar-refractivity contribution in [3.05, 3.63) is 45.7 Å². The quantitative estimate of drug-likeness (QED) is 0.888. The summed E-state index contributed by atoms with van der Waals surface area (Å²) in [6.45, 7) is 7.70. The second-order valence-corrected chi connectivity index (χ2v) is 6.64. The van der Waals surface area contributed by atoms with E-state index in [1.807, 2.05) is 26.2 Å². The number of benzene rings is 1. The molecule has 0 atom stereocenters. The Bertz CT molecular complexity index is 682. The largest absolute Gasteiger partial charge is 0.325 e. The third-order valence-electron chi connectivity index (χ3n) is 3.30. The standard InChI is InChI=1S/C16H20FN3OS/c1-10-5-6-12(7-13(10)17)20-14(21)8-18-16(3,4)15-19-11(2)9-22-15/h5-7,9,18H,8H2,1-4H3,(H,20,21). The molecule has 118 valence electrons. The van der Waals surface area contributed by atoms with E-state index in [0.717, 1.165) is 10.7 Å². The van der Waals surface area contributed by atoms with Crippen LogP contribution in [0.15, 0.2) is 23.6 Å². The van der Waals surface area contributed by atoms with Crippen molar-refractivity contribution in [1.29, 1.82) is 0 Å². The van der Waals surface area contributed by atoms with Gasteiger partial charge in [0.25, 0.3) is 0 Å². The van der Waals surface area contributed by atoms with Crippen molar-refractivity contribution < 1.29 is 9.18 Å². The van der Waals surface area contributed by atoms with E-state index in [0.29, 0.717) is 11.3 Å². The fraction of sp³-hybridized carbons (Fsp3) is 0.375. The van der Waals surface area contributed by atoms with Crippen LogP contribution < -0.4 is 10.6 Å². The number of aromatic nitrogens is 1. The van der Waals surface area contributed by atoms with E-state index in [1.54, 1.807) is 30.4 Å². The second-order valence-electron chi connectivity index (χ2n) is 5.78. The van der Waals surface area contributed by atoms with Crippen LogP contribution in [0.25, 0.3) is 0 Å². The Hall–Kier alpha value is -1.79. The minimum atomic E-state index is -0.394. The summed E-state index contributed by atoms with van der Waals surface area (Å²) < 4.78 is 13.5. The zero-order chi connectivity index (χ0) is 16.3. The zero-order valence-electron chi connectivity index (χ0n) is 13.2. The molecule has 1 aromatic carbocycles. The summed E-state index contributed by atoms with van der Waals surface area (Å²) in [5, 5.41) is 8.77. The van der Waals surface area contributed by atoms with Crippen LogP contribution in [0, 0.1) is 19.7 Å². The van der Waals surface area contributed by atoms with Gasteiger partial charge in [-0.3, -0.25) is 10.1 Å². The third kappa shape index (κ3) is 4.11. The first kappa shape index (κ1) is 16.6. The van der Waals surface area contributed by atoms with Gasteiger partial charge in [0.15, 0.2) is 0 Å². The highest BCUT2D eigenvalue weighted by Gasteiger charge is 2.24. The summed E-state index contributed by atoms with van der Waals surface area (Å²) in [6.07, 6.45) is 0. The molecule has 6 heteroatoms. The number of halogens is 1. The van der Waals surface area contributed by atoms with Gasteiger partial charge in [0, 0.05) is 16.8 Å². The number of thiazole rings is 1. The van der Waals surface area contributed by atoms with Gasteiger partial charge in [0.1, 0.15) is 10.8 Å². The minimum Gasteiger partial charge on any atom is -0.325 e. The van der Waals surface area contributed by atoms with Gasteiger partial charge < -0.3 is 5.32 Å². The maximum atomic E-state index is 13.5. The number of amides is 1. The number of nitrogens with zero attached hydrogens (tertiary/aromatic N) is 1. The molecule has 1 amide bonds. The highest BCUT2D eigenvalue weighted by molar-refractivity contribution is 7.09. The summed E-state index contributed by atoms with van der Waals surface area (Å²) in [5.74, 6) is -0.547. The number of carbonyl (C=O) groups excluding carboxylic acids is 1. The summed E-state index contributed by atoms with van der Waals surface area (Å²) >= 11 is 1.56. The van der Waals surface area contributed by atoms with Crippen LogP contribution in [0.1, 0.15) is 30.1 Å². The first-order valence-electron chi connectivity index (χ1n) is 7.01. The molecule has 1 heterocycles. The first-order chi connectivity index (χ1) is 10.3. The number of carbonyl (C=O) groups is 1. The molecule has 0 aliphatic rings. The van der Waals surface area contributed by atoms with Gasteiger partial charge in [0.05, 0.1) is 12.1 Å². The van der Waals surface area contributed by atoms with Gasteiger partial charge in [0.2, 0.25) is 5.91 Å². The molecule has 0 saturated carbocycles. The highest BCUT2D eigenvalue weighted by Crippen LogP contribution is 2.23. The maximum Gasteiger partial charge on any atom is 0.238 e. The SMILES string of the molecule is Cc1csc(C(C)(C)NCC(=O)Nc2ccc(C)c(F)c2)n1. The Morgan fingerprint density at radius 1 is 1.36 bits per heavy atom. The lowest BCUT2D eigenvalue weighted by Gasteiger charge is -2.23. The monoisotopic (exact) mass is 321 g/mol. The van der Waals surface area contributed by atoms with Crippen molar-refractivity contribution in [3.8, 4) is 0 Å². The third-order valence-corrected chi connectivity index (χ3v) is 4.58. The molecule has 0 aliphatic heterocycles.